The van der Waals surface area contributed by atoms with Crippen molar-refractivity contribution in [1.82, 2.24) is 0 Å². The molecule has 2 aliphatic rings. The van der Waals surface area contributed by atoms with E-state index in [0.717, 1.165) is 12.8 Å². The standard InChI is InChI=1S/C30H54O6/c1-3-5-7-9-11-13-15-17-19-25-27(35-25)23-29(31)33-21-22-34-30(32)24-28-26(36-28)20-18-16-14-12-10-8-6-4-2/h25-28H,3-24H2,1-2H3. The molecule has 36 heavy (non-hydrogen) atoms. The lowest BCUT2D eigenvalue weighted by atomic mass is 10.1. The van der Waals surface area contributed by atoms with Gasteiger partial charge >= 0.3 is 11.9 Å². The molecule has 0 N–H and O–H groups in total. The summed E-state index contributed by atoms with van der Waals surface area (Å²) in [7, 11) is 0. The molecule has 0 aromatic rings. The maximum atomic E-state index is 12.0. The Labute approximate surface area is 220 Å². The van der Waals surface area contributed by atoms with Crippen LogP contribution in [0.4, 0.5) is 0 Å². The van der Waals surface area contributed by atoms with Crippen molar-refractivity contribution in [3.8, 4) is 0 Å². The van der Waals surface area contributed by atoms with E-state index < -0.39 is 0 Å². The van der Waals surface area contributed by atoms with Gasteiger partial charge in [0.15, 0.2) is 0 Å². The SMILES string of the molecule is CCCCCCCCCCC1OC1CC(=O)OCCOC(=O)CC1OC1CCCCCCCCCC. The summed E-state index contributed by atoms with van der Waals surface area (Å²) in [6.45, 7) is 4.70. The van der Waals surface area contributed by atoms with Gasteiger partial charge in [0.25, 0.3) is 0 Å². The lowest BCUT2D eigenvalue weighted by Gasteiger charge is -2.05. The van der Waals surface area contributed by atoms with Gasteiger partial charge in [0.1, 0.15) is 13.2 Å². The van der Waals surface area contributed by atoms with E-state index in [0.29, 0.717) is 12.8 Å². The fraction of sp³-hybridized carbons (Fsp3) is 0.933. The Hall–Kier alpha value is -1.14. The molecule has 6 heteroatoms. The van der Waals surface area contributed by atoms with Gasteiger partial charge in [-0.25, -0.2) is 0 Å². The fourth-order valence-electron chi connectivity index (χ4n) is 4.94. The highest BCUT2D eigenvalue weighted by molar-refractivity contribution is 5.71. The van der Waals surface area contributed by atoms with E-state index in [1.54, 1.807) is 0 Å². The van der Waals surface area contributed by atoms with Gasteiger partial charge in [-0.05, 0) is 12.8 Å². The molecule has 6 nitrogen and oxygen atoms in total. The van der Waals surface area contributed by atoms with Gasteiger partial charge in [0, 0.05) is 0 Å². The molecule has 0 aromatic heterocycles. The second-order valence-corrected chi connectivity index (χ2v) is 10.8. The predicted molar refractivity (Wildman–Crippen MR) is 143 cm³/mol. The van der Waals surface area contributed by atoms with Gasteiger partial charge in [-0.1, -0.05) is 117 Å². The minimum atomic E-state index is -0.273. The quantitative estimate of drug-likeness (QED) is 0.0721. The summed E-state index contributed by atoms with van der Waals surface area (Å²) in [5.74, 6) is -0.546. The molecule has 0 saturated carbocycles. The molecule has 4 unspecified atom stereocenters. The summed E-state index contributed by atoms with van der Waals surface area (Å²) >= 11 is 0. The number of epoxide rings is 2. The molecular formula is C30H54O6. The average molecular weight is 511 g/mol. The lowest BCUT2D eigenvalue weighted by molar-refractivity contribution is -0.152. The number of carbonyl (C=O) groups is 2. The Morgan fingerprint density at radius 2 is 0.833 bits per heavy atom. The molecule has 2 aliphatic heterocycles. The van der Waals surface area contributed by atoms with E-state index in [-0.39, 0.29) is 49.6 Å². The zero-order chi connectivity index (χ0) is 25.8. The van der Waals surface area contributed by atoms with Crippen molar-refractivity contribution in [1.29, 1.82) is 0 Å². The van der Waals surface area contributed by atoms with E-state index in [2.05, 4.69) is 13.8 Å². The van der Waals surface area contributed by atoms with Crippen molar-refractivity contribution in [3.05, 3.63) is 0 Å². The molecule has 4 atom stereocenters. The molecule has 2 heterocycles. The third-order valence-electron chi connectivity index (χ3n) is 7.40. The van der Waals surface area contributed by atoms with Crippen LogP contribution in [-0.2, 0) is 28.5 Å². The van der Waals surface area contributed by atoms with Gasteiger partial charge in [-0.3, -0.25) is 9.59 Å². The molecular weight excluding hydrogens is 456 g/mol. The Morgan fingerprint density at radius 1 is 0.500 bits per heavy atom. The van der Waals surface area contributed by atoms with Crippen molar-refractivity contribution in [3.63, 3.8) is 0 Å². The minimum absolute atomic E-state index is 0.00890. The van der Waals surface area contributed by atoms with E-state index in [4.69, 9.17) is 18.9 Å². The first-order valence-corrected chi connectivity index (χ1v) is 15.3. The Kier molecular flexibility index (Phi) is 17.2. The predicted octanol–water partition coefficient (Wildman–Crippen LogP) is 7.45. The topological polar surface area (TPSA) is 77.7 Å². The van der Waals surface area contributed by atoms with Crippen molar-refractivity contribution < 1.29 is 28.5 Å². The van der Waals surface area contributed by atoms with Crippen molar-refractivity contribution in [2.45, 2.75) is 167 Å². The molecule has 2 rings (SSSR count). The van der Waals surface area contributed by atoms with E-state index in [1.165, 1.54) is 103 Å². The minimum Gasteiger partial charge on any atom is -0.462 e. The van der Waals surface area contributed by atoms with Crippen LogP contribution in [0.1, 0.15) is 142 Å². The lowest BCUT2D eigenvalue weighted by Crippen LogP contribution is -2.16. The van der Waals surface area contributed by atoms with E-state index >= 15 is 0 Å². The highest BCUT2D eigenvalue weighted by Gasteiger charge is 2.40. The number of hydrogen-bond donors (Lipinski definition) is 0. The molecule has 0 aliphatic carbocycles. The Balaban J connectivity index is 1.33. The van der Waals surface area contributed by atoms with Crippen LogP contribution < -0.4 is 0 Å². The molecule has 0 radical (unpaired) electrons. The first-order chi connectivity index (χ1) is 17.6. The van der Waals surface area contributed by atoms with Crippen LogP contribution in [0.2, 0.25) is 0 Å². The molecule has 0 amide bonds. The molecule has 2 saturated heterocycles. The number of esters is 2. The Bertz CT molecular complexity index is 530. The number of rotatable bonds is 25. The van der Waals surface area contributed by atoms with Crippen molar-refractivity contribution in [2.75, 3.05) is 13.2 Å². The summed E-state index contributed by atoms with van der Waals surface area (Å²) in [6, 6.07) is 0. The highest BCUT2D eigenvalue weighted by atomic mass is 16.6. The third kappa shape index (κ3) is 15.9. The van der Waals surface area contributed by atoms with E-state index in [1.807, 2.05) is 0 Å². The number of ether oxygens (including phenoxy) is 4. The van der Waals surface area contributed by atoms with Crippen LogP contribution in [0.5, 0.6) is 0 Å². The van der Waals surface area contributed by atoms with Crippen LogP contribution >= 0.6 is 0 Å². The molecule has 210 valence electrons. The van der Waals surface area contributed by atoms with Gasteiger partial charge in [-0.2, -0.15) is 0 Å². The summed E-state index contributed by atoms with van der Waals surface area (Å²) < 4.78 is 21.6. The summed E-state index contributed by atoms with van der Waals surface area (Å²) in [4.78, 5) is 23.9. The van der Waals surface area contributed by atoms with Crippen LogP contribution in [0.15, 0.2) is 0 Å². The van der Waals surface area contributed by atoms with Crippen molar-refractivity contribution in [2.24, 2.45) is 0 Å². The zero-order valence-corrected chi connectivity index (χ0v) is 23.3. The maximum absolute atomic E-state index is 12.0. The van der Waals surface area contributed by atoms with Gasteiger partial charge in [-0.15, -0.1) is 0 Å². The number of unbranched alkanes of at least 4 members (excludes halogenated alkanes) is 14. The molecule has 0 bridgehead atoms. The number of hydrogen-bond acceptors (Lipinski definition) is 6. The van der Waals surface area contributed by atoms with Crippen LogP contribution in [0.25, 0.3) is 0 Å². The number of carbonyl (C=O) groups excluding carboxylic acids is 2. The normalized spacial score (nSPS) is 22.4. The van der Waals surface area contributed by atoms with Crippen LogP contribution in [0, 0.1) is 0 Å². The first kappa shape index (κ1) is 31.1. The van der Waals surface area contributed by atoms with Crippen LogP contribution in [0.3, 0.4) is 0 Å². The third-order valence-corrected chi connectivity index (χ3v) is 7.40. The van der Waals surface area contributed by atoms with Gasteiger partial charge < -0.3 is 18.9 Å². The monoisotopic (exact) mass is 510 g/mol. The highest BCUT2D eigenvalue weighted by Crippen LogP contribution is 2.31. The largest absolute Gasteiger partial charge is 0.462 e. The second-order valence-electron chi connectivity index (χ2n) is 10.8. The van der Waals surface area contributed by atoms with Crippen molar-refractivity contribution >= 4 is 11.9 Å². The second kappa shape index (κ2) is 19.9. The maximum Gasteiger partial charge on any atom is 0.308 e. The van der Waals surface area contributed by atoms with Gasteiger partial charge in [0.2, 0.25) is 0 Å². The molecule has 0 aromatic carbocycles. The molecule has 0 spiro atoms. The summed E-state index contributed by atoms with van der Waals surface area (Å²) in [5, 5.41) is 0. The first-order valence-electron chi connectivity index (χ1n) is 15.3. The van der Waals surface area contributed by atoms with E-state index in [9.17, 15) is 9.59 Å². The van der Waals surface area contributed by atoms with Crippen LogP contribution in [-0.4, -0.2) is 49.6 Å². The summed E-state index contributed by atoms with van der Waals surface area (Å²) in [5.41, 5.74) is 0. The Morgan fingerprint density at radius 3 is 1.19 bits per heavy atom. The zero-order valence-electron chi connectivity index (χ0n) is 23.3. The smallest absolute Gasteiger partial charge is 0.308 e. The average Bonchev–Trinajstić information content (AvgIpc) is 3.78. The fourth-order valence-corrected chi connectivity index (χ4v) is 4.94. The van der Waals surface area contributed by atoms with Gasteiger partial charge in [0.05, 0.1) is 37.3 Å². The summed E-state index contributed by atoms with van der Waals surface area (Å²) in [6.07, 6.45) is 23.9. The molecule has 2 fully saturated rings.